The first-order chi connectivity index (χ1) is 16.2. The first kappa shape index (κ1) is 25.4. The molecule has 0 aliphatic carbocycles. The molecule has 2 aromatic rings. The van der Waals surface area contributed by atoms with Gasteiger partial charge in [0.15, 0.2) is 11.5 Å². The van der Waals surface area contributed by atoms with Crippen molar-refractivity contribution in [2.45, 2.75) is 53.4 Å². The molecule has 0 aromatic heterocycles. The predicted octanol–water partition coefficient (Wildman–Crippen LogP) is 5.53. The molecule has 1 aliphatic rings. The molecule has 7 nitrogen and oxygen atoms in total. The Bertz CT molecular complexity index is 1080. The van der Waals surface area contributed by atoms with E-state index in [1.165, 1.54) is 0 Å². The van der Waals surface area contributed by atoms with E-state index in [1.54, 1.807) is 32.0 Å². The smallest absolute Gasteiger partial charge is 0.338 e. The Morgan fingerprint density at radius 2 is 1.79 bits per heavy atom. The average molecular weight is 487 g/mol. The minimum atomic E-state index is -0.700. The molecule has 0 fully saturated rings. The van der Waals surface area contributed by atoms with Crippen LogP contribution >= 0.6 is 11.6 Å². The van der Waals surface area contributed by atoms with Crippen LogP contribution in [0.2, 0.25) is 5.02 Å². The van der Waals surface area contributed by atoms with Crippen molar-refractivity contribution in [1.82, 2.24) is 10.6 Å². The number of esters is 1. The van der Waals surface area contributed by atoms with Gasteiger partial charge in [0.1, 0.15) is 6.61 Å². The van der Waals surface area contributed by atoms with Crippen LogP contribution in [0.1, 0.15) is 51.8 Å². The lowest BCUT2D eigenvalue weighted by atomic mass is 9.91. The van der Waals surface area contributed by atoms with Crippen molar-refractivity contribution in [1.29, 1.82) is 0 Å². The molecule has 2 amide bonds. The molecular weight excluding hydrogens is 456 g/mol. The number of ether oxygens (including phenoxy) is 3. The summed E-state index contributed by atoms with van der Waals surface area (Å²) in [6.07, 6.45) is -0.300. The normalized spacial score (nSPS) is 15.8. The fourth-order valence-corrected chi connectivity index (χ4v) is 3.85. The van der Waals surface area contributed by atoms with Gasteiger partial charge in [-0.1, -0.05) is 49.7 Å². The van der Waals surface area contributed by atoms with Crippen molar-refractivity contribution in [2.75, 3.05) is 6.61 Å². The molecule has 0 saturated carbocycles. The van der Waals surface area contributed by atoms with Crippen molar-refractivity contribution >= 4 is 23.6 Å². The van der Waals surface area contributed by atoms with Crippen LogP contribution in [0.3, 0.4) is 0 Å². The van der Waals surface area contributed by atoms with Crippen molar-refractivity contribution in [2.24, 2.45) is 5.92 Å². The maximum atomic E-state index is 13.0. The molecule has 1 heterocycles. The first-order valence-electron chi connectivity index (χ1n) is 11.4. The Balaban J connectivity index is 1.98. The summed E-state index contributed by atoms with van der Waals surface area (Å²) in [7, 11) is 0. The maximum Gasteiger partial charge on any atom is 0.338 e. The van der Waals surface area contributed by atoms with Gasteiger partial charge in [0.05, 0.1) is 24.3 Å². The van der Waals surface area contributed by atoms with Crippen molar-refractivity contribution < 1.29 is 23.8 Å². The number of hydrogen-bond donors (Lipinski definition) is 2. The number of rotatable bonds is 9. The topological polar surface area (TPSA) is 85.9 Å². The van der Waals surface area contributed by atoms with Crippen LogP contribution in [0, 0.1) is 5.92 Å². The van der Waals surface area contributed by atoms with Crippen LogP contribution < -0.4 is 20.1 Å². The Hall–Kier alpha value is -3.19. The van der Waals surface area contributed by atoms with Crippen molar-refractivity contribution in [3.05, 3.63) is 69.9 Å². The van der Waals surface area contributed by atoms with Crippen LogP contribution in [-0.4, -0.2) is 24.7 Å². The lowest BCUT2D eigenvalue weighted by Gasteiger charge is -2.31. The molecule has 2 aromatic carbocycles. The van der Waals surface area contributed by atoms with Gasteiger partial charge in [0.2, 0.25) is 0 Å². The number of allylic oxidation sites excluding steroid dienone is 1. The summed E-state index contributed by atoms with van der Waals surface area (Å²) in [5, 5.41) is 6.25. The maximum absolute atomic E-state index is 13.0. The third kappa shape index (κ3) is 6.03. The van der Waals surface area contributed by atoms with Gasteiger partial charge in [-0.2, -0.15) is 0 Å². The van der Waals surface area contributed by atoms with Gasteiger partial charge in [0.25, 0.3) is 0 Å². The van der Waals surface area contributed by atoms with Crippen LogP contribution in [0.25, 0.3) is 0 Å². The molecule has 0 spiro atoms. The zero-order valence-corrected chi connectivity index (χ0v) is 20.9. The molecular formula is C26H31ClN2O5. The molecule has 1 aliphatic heterocycles. The highest BCUT2D eigenvalue weighted by molar-refractivity contribution is 6.31. The standard InChI is InChI=1S/C26H31ClN2O5/c1-6-32-21-13-17(11-12-20(21)33-14-18-9-7-8-10-19(18)27)24-22(25(30)34-16(4)5)23(15(2)3)28-26(31)29-24/h7-13,15-16,24H,6,14H2,1-5H3,(H2,28,29,31). The van der Waals surface area contributed by atoms with E-state index in [0.717, 1.165) is 5.56 Å². The third-order valence-electron chi connectivity index (χ3n) is 5.18. The van der Waals surface area contributed by atoms with E-state index in [-0.39, 0.29) is 24.7 Å². The molecule has 0 saturated heterocycles. The number of halogens is 1. The van der Waals surface area contributed by atoms with E-state index in [1.807, 2.05) is 45.0 Å². The summed E-state index contributed by atoms with van der Waals surface area (Å²) in [5.74, 6) is 0.466. The fourth-order valence-electron chi connectivity index (χ4n) is 3.66. The van der Waals surface area contributed by atoms with Crippen LogP contribution in [-0.2, 0) is 16.1 Å². The molecule has 0 radical (unpaired) electrons. The van der Waals surface area contributed by atoms with E-state index in [4.69, 9.17) is 25.8 Å². The van der Waals surface area contributed by atoms with E-state index in [9.17, 15) is 9.59 Å². The highest BCUT2D eigenvalue weighted by atomic mass is 35.5. The number of benzene rings is 2. The highest BCUT2D eigenvalue weighted by Gasteiger charge is 2.35. The summed E-state index contributed by atoms with van der Waals surface area (Å²) in [5.41, 5.74) is 2.44. The van der Waals surface area contributed by atoms with Gasteiger partial charge in [0, 0.05) is 16.3 Å². The molecule has 3 rings (SSSR count). The Morgan fingerprint density at radius 1 is 1.06 bits per heavy atom. The number of carbonyl (C=O) groups is 2. The van der Waals surface area contributed by atoms with E-state index in [2.05, 4.69) is 10.6 Å². The molecule has 182 valence electrons. The second kappa shape index (κ2) is 11.3. The predicted molar refractivity (Wildman–Crippen MR) is 131 cm³/mol. The van der Waals surface area contributed by atoms with Gasteiger partial charge in [-0.25, -0.2) is 9.59 Å². The van der Waals surface area contributed by atoms with E-state index in [0.29, 0.717) is 40.0 Å². The SMILES string of the molecule is CCOc1cc(C2NC(=O)NC(C(C)C)=C2C(=O)OC(C)C)ccc1OCc1ccccc1Cl. The number of amides is 2. The summed E-state index contributed by atoms with van der Waals surface area (Å²) in [4.78, 5) is 25.5. The lowest BCUT2D eigenvalue weighted by molar-refractivity contribution is -0.143. The zero-order valence-electron chi connectivity index (χ0n) is 20.1. The number of urea groups is 1. The summed E-state index contributed by atoms with van der Waals surface area (Å²) in [6, 6.07) is 11.7. The van der Waals surface area contributed by atoms with E-state index < -0.39 is 12.0 Å². The lowest BCUT2D eigenvalue weighted by Crippen LogP contribution is -2.47. The van der Waals surface area contributed by atoms with Gasteiger partial charge in [-0.15, -0.1) is 0 Å². The summed E-state index contributed by atoms with van der Waals surface area (Å²) >= 11 is 6.25. The van der Waals surface area contributed by atoms with Crippen LogP contribution in [0.4, 0.5) is 4.79 Å². The molecule has 1 atom stereocenters. The third-order valence-corrected chi connectivity index (χ3v) is 5.55. The number of hydrogen-bond acceptors (Lipinski definition) is 5. The van der Waals surface area contributed by atoms with Crippen molar-refractivity contribution in [3.8, 4) is 11.5 Å². The number of carbonyl (C=O) groups excluding carboxylic acids is 2. The van der Waals surface area contributed by atoms with Crippen molar-refractivity contribution in [3.63, 3.8) is 0 Å². The van der Waals surface area contributed by atoms with Gasteiger partial charge in [-0.3, -0.25) is 0 Å². The largest absolute Gasteiger partial charge is 0.490 e. The second-order valence-electron chi connectivity index (χ2n) is 8.49. The fraction of sp³-hybridized carbons (Fsp3) is 0.385. The molecule has 2 N–H and O–H groups in total. The molecule has 0 bridgehead atoms. The Labute approximate surface area is 205 Å². The van der Waals surface area contributed by atoms with Gasteiger partial charge in [-0.05, 0) is 50.5 Å². The Kier molecular flexibility index (Phi) is 8.45. The minimum Gasteiger partial charge on any atom is -0.490 e. The molecule has 34 heavy (non-hydrogen) atoms. The minimum absolute atomic E-state index is 0.0900. The first-order valence-corrected chi connectivity index (χ1v) is 11.7. The highest BCUT2D eigenvalue weighted by Crippen LogP contribution is 2.36. The van der Waals surface area contributed by atoms with Crippen LogP contribution in [0.5, 0.6) is 11.5 Å². The molecule has 1 unspecified atom stereocenters. The van der Waals surface area contributed by atoms with Gasteiger partial charge >= 0.3 is 12.0 Å². The van der Waals surface area contributed by atoms with E-state index >= 15 is 0 Å². The second-order valence-corrected chi connectivity index (χ2v) is 8.89. The zero-order chi connectivity index (χ0) is 24.8. The van der Waals surface area contributed by atoms with Gasteiger partial charge < -0.3 is 24.8 Å². The monoisotopic (exact) mass is 486 g/mol. The summed E-state index contributed by atoms with van der Waals surface area (Å²) < 4.78 is 17.3. The Morgan fingerprint density at radius 3 is 2.44 bits per heavy atom. The quantitative estimate of drug-likeness (QED) is 0.455. The summed E-state index contributed by atoms with van der Waals surface area (Å²) in [6.45, 7) is 9.96. The number of nitrogens with one attached hydrogen (secondary N) is 2. The van der Waals surface area contributed by atoms with Crippen LogP contribution in [0.15, 0.2) is 53.7 Å². The molecule has 8 heteroatoms. The average Bonchev–Trinajstić information content (AvgIpc) is 2.78.